The zero-order valence-corrected chi connectivity index (χ0v) is 12.7. The van der Waals surface area contributed by atoms with Crippen LogP contribution in [-0.2, 0) is 4.74 Å². The van der Waals surface area contributed by atoms with Crippen LogP contribution in [0.1, 0.15) is 41.9 Å². The van der Waals surface area contributed by atoms with Gasteiger partial charge in [-0.2, -0.15) is 0 Å². The lowest BCUT2D eigenvalue weighted by Gasteiger charge is -2.71. The zero-order chi connectivity index (χ0) is 16.8. The average Bonchev–Trinajstić information content (AvgIpc) is 2.47. The maximum absolute atomic E-state index is 12.4. The van der Waals surface area contributed by atoms with Crippen molar-refractivity contribution in [2.24, 2.45) is 0 Å². The molecule has 23 heavy (non-hydrogen) atoms. The van der Waals surface area contributed by atoms with Crippen LogP contribution in [0, 0.1) is 0 Å². The molecule has 4 rings (SSSR count). The van der Waals surface area contributed by atoms with E-state index in [0.717, 1.165) is 12.4 Å². The molecule has 0 radical (unpaired) electrons. The number of carbonyl (C=O) groups is 2. The van der Waals surface area contributed by atoms with Gasteiger partial charge in [-0.3, -0.25) is 9.78 Å². The summed E-state index contributed by atoms with van der Waals surface area (Å²) < 4.78 is 30.2. The number of rotatable bonds is 4. The van der Waals surface area contributed by atoms with Crippen molar-refractivity contribution in [3.63, 3.8) is 0 Å². The number of alkyl carbamates (subject to hydrolysis) is 1. The molecule has 2 amide bonds. The summed E-state index contributed by atoms with van der Waals surface area (Å²) in [6, 6.07) is 0. The zero-order valence-electron chi connectivity index (χ0n) is 12.7. The van der Waals surface area contributed by atoms with Crippen molar-refractivity contribution in [2.75, 3.05) is 14.1 Å². The van der Waals surface area contributed by atoms with Gasteiger partial charge in [0, 0.05) is 33.4 Å². The monoisotopic (exact) mass is 326 g/mol. The van der Waals surface area contributed by atoms with E-state index in [1.165, 1.54) is 11.9 Å². The Morgan fingerprint density at radius 2 is 1.96 bits per heavy atom. The van der Waals surface area contributed by atoms with Crippen LogP contribution in [0.25, 0.3) is 0 Å². The highest BCUT2D eigenvalue weighted by molar-refractivity contribution is 5.92. The Balaban J connectivity index is 1.63. The molecule has 3 fully saturated rings. The molecule has 0 spiro atoms. The first-order chi connectivity index (χ1) is 10.8. The Morgan fingerprint density at radius 3 is 2.43 bits per heavy atom. The van der Waals surface area contributed by atoms with Crippen LogP contribution < -0.4 is 5.32 Å². The van der Waals surface area contributed by atoms with Crippen molar-refractivity contribution in [1.29, 1.82) is 0 Å². The van der Waals surface area contributed by atoms with Crippen LogP contribution in [0.15, 0.2) is 12.4 Å². The Morgan fingerprint density at radius 1 is 1.30 bits per heavy atom. The Kier molecular flexibility index (Phi) is 3.46. The second-order valence-corrected chi connectivity index (χ2v) is 6.07. The minimum absolute atomic E-state index is 0.0166. The maximum Gasteiger partial charge on any atom is 0.407 e. The predicted molar refractivity (Wildman–Crippen MR) is 73.9 cm³/mol. The summed E-state index contributed by atoms with van der Waals surface area (Å²) in [6.45, 7) is 0. The van der Waals surface area contributed by atoms with E-state index in [9.17, 15) is 18.4 Å². The molecule has 1 aromatic rings. The highest BCUT2D eigenvalue weighted by atomic mass is 19.3. The van der Waals surface area contributed by atoms with Gasteiger partial charge in [0.2, 0.25) is 0 Å². The van der Waals surface area contributed by atoms with Gasteiger partial charge in [0.1, 0.15) is 17.0 Å². The minimum Gasteiger partial charge on any atom is -0.443 e. The van der Waals surface area contributed by atoms with Gasteiger partial charge < -0.3 is 15.0 Å². The number of hydrogen-bond donors (Lipinski definition) is 1. The SMILES string of the molecule is CNC(=O)OC12CC(N(C)C(=O)c3cnc(C(F)F)cn3)(C1)C2. The number of carbonyl (C=O) groups excluding carboxylic acids is 2. The van der Waals surface area contributed by atoms with Crippen molar-refractivity contribution in [3.8, 4) is 0 Å². The number of nitrogens with one attached hydrogen (secondary N) is 1. The van der Waals surface area contributed by atoms with Crippen LogP contribution in [0.5, 0.6) is 0 Å². The van der Waals surface area contributed by atoms with Crippen LogP contribution in [0.2, 0.25) is 0 Å². The molecular formula is C14H16F2N4O3. The molecule has 0 aromatic carbocycles. The lowest BCUT2D eigenvalue weighted by atomic mass is 9.45. The quantitative estimate of drug-likeness (QED) is 0.907. The molecule has 1 heterocycles. The van der Waals surface area contributed by atoms with Crippen LogP contribution in [0.4, 0.5) is 13.6 Å². The highest BCUT2D eigenvalue weighted by Crippen LogP contribution is 2.65. The molecule has 3 saturated carbocycles. The van der Waals surface area contributed by atoms with E-state index >= 15 is 0 Å². The molecule has 124 valence electrons. The molecule has 0 aliphatic heterocycles. The van der Waals surface area contributed by atoms with E-state index in [-0.39, 0.29) is 17.1 Å². The fraction of sp³-hybridized carbons (Fsp3) is 0.571. The average molecular weight is 326 g/mol. The molecule has 0 saturated heterocycles. The van der Waals surface area contributed by atoms with Gasteiger partial charge in [-0.15, -0.1) is 0 Å². The standard InChI is InChI=1S/C14H16F2N4O3/c1-17-12(22)23-14-5-13(6-14,7-14)20(2)11(21)9-4-18-8(3-19-9)10(15)16/h3-4,10H,5-7H2,1-2H3,(H,17,22). The van der Waals surface area contributed by atoms with Gasteiger partial charge in [-0.1, -0.05) is 0 Å². The Labute approximate surface area is 131 Å². The first-order valence-electron chi connectivity index (χ1n) is 7.10. The second kappa shape index (κ2) is 5.10. The third kappa shape index (κ3) is 2.40. The molecule has 7 nitrogen and oxygen atoms in total. The Hall–Kier alpha value is -2.32. The molecule has 1 aromatic heterocycles. The fourth-order valence-electron chi connectivity index (χ4n) is 3.30. The summed E-state index contributed by atoms with van der Waals surface area (Å²) in [4.78, 5) is 32.5. The topological polar surface area (TPSA) is 84.4 Å². The van der Waals surface area contributed by atoms with Gasteiger partial charge in [-0.25, -0.2) is 18.6 Å². The fourth-order valence-corrected chi connectivity index (χ4v) is 3.30. The summed E-state index contributed by atoms with van der Waals surface area (Å²) >= 11 is 0. The third-order valence-corrected chi connectivity index (χ3v) is 4.60. The molecule has 0 atom stereocenters. The largest absolute Gasteiger partial charge is 0.443 e. The predicted octanol–water partition coefficient (Wildman–Crippen LogP) is 1.52. The number of nitrogens with zero attached hydrogens (tertiary/aromatic N) is 3. The smallest absolute Gasteiger partial charge is 0.407 e. The van der Waals surface area contributed by atoms with Gasteiger partial charge in [-0.05, 0) is 0 Å². The summed E-state index contributed by atoms with van der Waals surface area (Å²) in [5.41, 5.74) is -1.29. The molecule has 9 heteroatoms. The number of alkyl halides is 2. The van der Waals surface area contributed by atoms with E-state index in [1.54, 1.807) is 7.05 Å². The van der Waals surface area contributed by atoms with Crippen molar-refractivity contribution in [2.45, 2.75) is 36.8 Å². The molecule has 3 aliphatic rings. The minimum atomic E-state index is -2.72. The van der Waals surface area contributed by atoms with E-state index < -0.39 is 23.8 Å². The highest BCUT2D eigenvalue weighted by Gasteiger charge is 2.73. The van der Waals surface area contributed by atoms with Crippen molar-refractivity contribution in [3.05, 3.63) is 23.8 Å². The second-order valence-electron chi connectivity index (χ2n) is 6.07. The lowest BCUT2D eigenvalue weighted by Crippen LogP contribution is -2.80. The van der Waals surface area contributed by atoms with Crippen LogP contribution in [-0.4, -0.2) is 52.1 Å². The summed E-state index contributed by atoms with van der Waals surface area (Å²) in [7, 11) is 3.12. The van der Waals surface area contributed by atoms with Crippen molar-refractivity contribution in [1.82, 2.24) is 20.2 Å². The third-order valence-electron chi connectivity index (χ3n) is 4.60. The van der Waals surface area contributed by atoms with Crippen molar-refractivity contribution < 1.29 is 23.1 Å². The van der Waals surface area contributed by atoms with Gasteiger partial charge >= 0.3 is 6.09 Å². The number of hydrogen-bond acceptors (Lipinski definition) is 5. The number of ether oxygens (including phenoxy) is 1. The first-order valence-corrected chi connectivity index (χ1v) is 7.10. The molecule has 1 N–H and O–H groups in total. The first kappa shape index (κ1) is 15.6. The van der Waals surface area contributed by atoms with Crippen molar-refractivity contribution >= 4 is 12.0 Å². The Bertz CT molecular complexity index is 630. The van der Waals surface area contributed by atoms with Gasteiger partial charge in [0.25, 0.3) is 12.3 Å². The summed E-state index contributed by atoms with van der Waals surface area (Å²) in [5.74, 6) is -0.383. The number of aromatic nitrogens is 2. The number of halogens is 2. The molecule has 3 aliphatic carbocycles. The normalized spacial score (nSPS) is 27.7. The van der Waals surface area contributed by atoms with E-state index in [4.69, 9.17) is 4.74 Å². The maximum atomic E-state index is 12.4. The van der Waals surface area contributed by atoms with Crippen LogP contribution >= 0.6 is 0 Å². The van der Waals surface area contributed by atoms with E-state index in [1.807, 2.05) is 0 Å². The van der Waals surface area contributed by atoms with Gasteiger partial charge in [0.15, 0.2) is 0 Å². The lowest BCUT2D eigenvalue weighted by molar-refractivity contribution is -0.248. The summed E-state index contributed by atoms with van der Waals surface area (Å²) in [6.07, 6.45) is 0.464. The van der Waals surface area contributed by atoms with Gasteiger partial charge in [0.05, 0.1) is 17.9 Å². The molecular weight excluding hydrogens is 310 g/mol. The molecule has 0 unspecified atom stereocenters. The van der Waals surface area contributed by atoms with E-state index in [0.29, 0.717) is 19.3 Å². The number of amides is 2. The van der Waals surface area contributed by atoms with Crippen LogP contribution in [0.3, 0.4) is 0 Å². The van der Waals surface area contributed by atoms with E-state index in [2.05, 4.69) is 15.3 Å². The molecule has 2 bridgehead atoms. The summed E-state index contributed by atoms with van der Waals surface area (Å²) in [5, 5.41) is 2.40.